The van der Waals surface area contributed by atoms with E-state index in [0.29, 0.717) is 24.6 Å². The first-order chi connectivity index (χ1) is 9.29. The van der Waals surface area contributed by atoms with Gasteiger partial charge in [-0.2, -0.15) is 0 Å². The fourth-order valence-corrected chi connectivity index (χ4v) is 2.00. The molecule has 0 aliphatic carbocycles. The molecule has 2 aromatic heterocycles. The Bertz CT molecular complexity index is 600. The van der Waals surface area contributed by atoms with Crippen molar-refractivity contribution in [2.24, 2.45) is 0 Å². The number of ether oxygens (including phenoxy) is 2. The Morgan fingerprint density at radius 1 is 1.53 bits per heavy atom. The van der Waals surface area contributed by atoms with Crippen LogP contribution in [0.4, 0.5) is 5.82 Å². The van der Waals surface area contributed by atoms with Crippen molar-refractivity contribution in [2.75, 3.05) is 31.8 Å². The fourth-order valence-electron chi connectivity index (χ4n) is 2.00. The van der Waals surface area contributed by atoms with Crippen molar-refractivity contribution in [3.05, 3.63) is 12.1 Å². The lowest BCUT2D eigenvalue weighted by atomic mass is 10.2. The number of hydrogen-bond acceptors (Lipinski definition) is 8. The number of fused-ring (bicyclic) bond motifs is 1. The molecular formula is C10H12N6O3. The molecule has 1 aliphatic heterocycles. The van der Waals surface area contributed by atoms with E-state index in [-0.39, 0.29) is 12.6 Å². The quantitative estimate of drug-likeness (QED) is 0.631. The van der Waals surface area contributed by atoms with Gasteiger partial charge in [-0.3, -0.25) is 0 Å². The number of carbonyl (C=O) groups is 1. The van der Waals surface area contributed by atoms with Gasteiger partial charge in [-0.05, 0) is 22.6 Å². The Morgan fingerprint density at radius 2 is 2.42 bits per heavy atom. The minimum absolute atomic E-state index is 0.280. The van der Waals surface area contributed by atoms with Crippen LogP contribution in [0, 0.1) is 0 Å². The first-order valence-electron chi connectivity index (χ1n) is 5.77. The van der Waals surface area contributed by atoms with E-state index < -0.39 is 6.04 Å². The maximum atomic E-state index is 11.7. The monoisotopic (exact) mass is 264 g/mol. The highest BCUT2D eigenvalue weighted by Crippen LogP contribution is 2.17. The van der Waals surface area contributed by atoms with Crippen LogP contribution in [0.5, 0.6) is 0 Å². The van der Waals surface area contributed by atoms with Gasteiger partial charge in [0.15, 0.2) is 17.5 Å². The molecule has 0 radical (unpaired) electrons. The van der Waals surface area contributed by atoms with Crippen LogP contribution in [0.2, 0.25) is 0 Å². The number of tetrazole rings is 1. The van der Waals surface area contributed by atoms with Crippen molar-refractivity contribution < 1.29 is 14.3 Å². The van der Waals surface area contributed by atoms with Gasteiger partial charge in [0.1, 0.15) is 0 Å². The second kappa shape index (κ2) is 4.76. The number of methoxy groups -OCH3 is 1. The van der Waals surface area contributed by atoms with E-state index in [1.54, 1.807) is 12.1 Å². The number of esters is 1. The van der Waals surface area contributed by atoms with Gasteiger partial charge in [-0.25, -0.2) is 4.79 Å². The maximum absolute atomic E-state index is 11.7. The Kier molecular flexibility index (Phi) is 2.95. The molecule has 2 aromatic rings. The summed E-state index contributed by atoms with van der Waals surface area (Å²) in [6, 6.07) is 3.01. The van der Waals surface area contributed by atoms with Gasteiger partial charge in [0.2, 0.25) is 0 Å². The zero-order valence-electron chi connectivity index (χ0n) is 10.3. The van der Waals surface area contributed by atoms with Gasteiger partial charge >= 0.3 is 5.97 Å². The number of anilines is 1. The number of morpholine rings is 1. The summed E-state index contributed by atoms with van der Waals surface area (Å²) in [5, 5.41) is 15.3. The third-order valence-electron chi connectivity index (χ3n) is 2.95. The lowest BCUT2D eigenvalue weighted by Gasteiger charge is -2.34. The SMILES string of the molecule is COC(=O)C1COCCN1c1ccc2nnnn2n1. The maximum Gasteiger partial charge on any atom is 0.330 e. The van der Waals surface area contributed by atoms with Crippen LogP contribution in [0.15, 0.2) is 12.1 Å². The predicted molar refractivity (Wildman–Crippen MR) is 62.5 cm³/mol. The van der Waals surface area contributed by atoms with Crippen LogP contribution in [-0.2, 0) is 14.3 Å². The number of nitrogens with zero attached hydrogens (tertiary/aromatic N) is 6. The lowest BCUT2D eigenvalue weighted by molar-refractivity contribution is -0.144. The minimum Gasteiger partial charge on any atom is -0.467 e. The molecule has 0 spiro atoms. The van der Waals surface area contributed by atoms with Gasteiger partial charge in [0.25, 0.3) is 0 Å². The summed E-state index contributed by atoms with van der Waals surface area (Å²) in [5.74, 6) is 0.261. The predicted octanol–water partition coefficient (Wildman–Crippen LogP) is -1.10. The van der Waals surface area contributed by atoms with Crippen molar-refractivity contribution in [3.8, 4) is 0 Å². The Labute approximate surface area is 108 Å². The van der Waals surface area contributed by atoms with E-state index in [1.807, 2.05) is 4.90 Å². The molecule has 3 heterocycles. The normalized spacial score (nSPS) is 19.6. The third-order valence-corrected chi connectivity index (χ3v) is 2.95. The topological polar surface area (TPSA) is 94.7 Å². The molecule has 0 N–H and O–H groups in total. The van der Waals surface area contributed by atoms with E-state index in [2.05, 4.69) is 20.6 Å². The van der Waals surface area contributed by atoms with Crippen LogP contribution in [-0.4, -0.2) is 64.1 Å². The smallest absolute Gasteiger partial charge is 0.330 e. The molecule has 1 unspecified atom stereocenters. The van der Waals surface area contributed by atoms with Gasteiger partial charge < -0.3 is 14.4 Å². The van der Waals surface area contributed by atoms with Crippen molar-refractivity contribution in [1.29, 1.82) is 0 Å². The van der Waals surface area contributed by atoms with Crippen LogP contribution in [0.3, 0.4) is 0 Å². The number of rotatable bonds is 2. The van der Waals surface area contributed by atoms with Gasteiger partial charge in [0.05, 0.1) is 20.3 Å². The zero-order chi connectivity index (χ0) is 13.2. The summed E-state index contributed by atoms with van der Waals surface area (Å²) in [7, 11) is 1.35. The number of hydrogen-bond donors (Lipinski definition) is 0. The fraction of sp³-hybridized carbons (Fsp3) is 0.500. The molecule has 1 fully saturated rings. The summed E-state index contributed by atoms with van der Waals surface area (Å²) in [5.41, 5.74) is 0.548. The molecule has 100 valence electrons. The van der Waals surface area contributed by atoms with E-state index in [0.717, 1.165) is 0 Å². The average Bonchev–Trinajstić information content (AvgIpc) is 2.93. The van der Waals surface area contributed by atoms with Crippen LogP contribution in [0.1, 0.15) is 0 Å². The highest BCUT2D eigenvalue weighted by molar-refractivity contribution is 5.80. The lowest BCUT2D eigenvalue weighted by Crippen LogP contribution is -2.51. The molecule has 0 saturated carbocycles. The van der Waals surface area contributed by atoms with Gasteiger partial charge in [-0.1, -0.05) is 0 Å². The first kappa shape index (κ1) is 11.8. The van der Waals surface area contributed by atoms with E-state index in [4.69, 9.17) is 9.47 Å². The van der Waals surface area contributed by atoms with Gasteiger partial charge in [-0.15, -0.1) is 14.8 Å². The summed E-state index contributed by atoms with van der Waals surface area (Å²) in [4.78, 5) is 13.6. The van der Waals surface area contributed by atoms with E-state index in [9.17, 15) is 4.79 Å². The third kappa shape index (κ3) is 2.08. The van der Waals surface area contributed by atoms with E-state index >= 15 is 0 Å². The summed E-state index contributed by atoms with van der Waals surface area (Å²) in [6.45, 7) is 1.37. The highest BCUT2D eigenvalue weighted by atomic mass is 16.5. The summed E-state index contributed by atoms with van der Waals surface area (Å²) < 4.78 is 11.4. The standard InChI is InChI=1S/C10H12N6O3/c1-18-10(17)7-6-19-5-4-15(7)9-3-2-8-11-13-14-16(8)12-9/h2-3,7H,4-6H2,1H3. The molecule has 0 bridgehead atoms. The molecule has 0 amide bonds. The molecule has 1 saturated heterocycles. The Balaban J connectivity index is 1.94. The van der Waals surface area contributed by atoms with Crippen molar-refractivity contribution >= 4 is 17.4 Å². The molecule has 3 rings (SSSR count). The Morgan fingerprint density at radius 3 is 3.26 bits per heavy atom. The molecule has 1 aliphatic rings. The van der Waals surface area contributed by atoms with Crippen molar-refractivity contribution in [2.45, 2.75) is 6.04 Å². The van der Waals surface area contributed by atoms with Crippen LogP contribution in [0.25, 0.3) is 5.65 Å². The molecule has 19 heavy (non-hydrogen) atoms. The molecule has 9 nitrogen and oxygen atoms in total. The van der Waals surface area contributed by atoms with Crippen molar-refractivity contribution in [3.63, 3.8) is 0 Å². The van der Waals surface area contributed by atoms with Crippen LogP contribution >= 0.6 is 0 Å². The zero-order valence-corrected chi connectivity index (χ0v) is 10.3. The largest absolute Gasteiger partial charge is 0.467 e. The highest BCUT2D eigenvalue weighted by Gasteiger charge is 2.31. The molecular weight excluding hydrogens is 252 g/mol. The molecule has 1 atom stereocenters. The molecule has 0 aromatic carbocycles. The van der Waals surface area contributed by atoms with Crippen molar-refractivity contribution in [1.82, 2.24) is 25.3 Å². The average molecular weight is 264 g/mol. The Hall–Kier alpha value is -2.29. The minimum atomic E-state index is -0.500. The second-order valence-corrected chi connectivity index (χ2v) is 4.03. The first-order valence-corrected chi connectivity index (χ1v) is 5.77. The van der Waals surface area contributed by atoms with Gasteiger partial charge in [0, 0.05) is 6.54 Å². The summed E-state index contributed by atoms with van der Waals surface area (Å²) >= 11 is 0. The molecule has 9 heteroatoms. The van der Waals surface area contributed by atoms with E-state index in [1.165, 1.54) is 11.7 Å². The second-order valence-electron chi connectivity index (χ2n) is 4.03. The summed E-state index contributed by atoms with van der Waals surface area (Å²) in [6.07, 6.45) is 0. The van der Waals surface area contributed by atoms with Crippen LogP contribution < -0.4 is 4.90 Å². The number of aromatic nitrogens is 5. The number of carbonyl (C=O) groups excluding carboxylic acids is 1.